The summed E-state index contributed by atoms with van der Waals surface area (Å²) in [7, 11) is -9.89. The molecule has 30 heteroatoms. The van der Waals surface area contributed by atoms with E-state index in [2.05, 4.69) is 49.0 Å². The van der Waals surface area contributed by atoms with Crippen LogP contribution in [-0.4, -0.2) is 103 Å². The Labute approximate surface area is 330 Å². The van der Waals surface area contributed by atoms with Crippen molar-refractivity contribution in [3.8, 4) is 0 Å². The Kier molecular flexibility index (Phi) is 14.3. The molecule has 2 aromatic heterocycles. The zero-order chi connectivity index (χ0) is 35.3. The van der Waals surface area contributed by atoms with Crippen LogP contribution in [0.15, 0.2) is 49.2 Å². The second kappa shape index (κ2) is 16.7. The number of ether oxygens (including phenoxy) is 2. The van der Waals surface area contributed by atoms with E-state index in [4.69, 9.17) is 81.2 Å². The van der Waals surface area contributed by atoms with Gasteiger partial charge in [0.2, 0.25) is 11.9 Å². The molecular formula is C20H18MgN10O12P2S4W-4. The number of hydrogen-bond acceptors (Lipinski definition) is 22. The molecule has 8 atom stereocenters. The fraction of sp³-hybridized carbons (Fsp3) is 0.400. The van der Waals surface area contributed by atoms with Crippen molar-refractivity contribution in [3.63, 3.8) is 0 Å². The van der Waals surface area contributed by atoms with Gasteiger partial charge in [-0.15, -0.1) is 0 Å². The summed E-state index contributed by atoms with van der Waals surface area (Å²) >= 11 is 20.7. The van der Waals surface area contributed by atoms with E-state index in [0.29, 0.717) is 0 Å². The quantitative estimate of drug-likeness (QED) is 0.0889. The van der Waals surface area contributed by atoms with E-state index >= 15 is 0 Å². The third-order valence-electron chi connectivity index (χ3n) is 6.36. The first-order valence-corrected chi connectivity index (χ1v) is 17.4. The van der Waals surface area contributed by atoms with Crippen molar-refractivity contribution in [3.05, 3.63) is 62.0 Å². The molecular weight excluding hydrogens is 971 g/mol. The molecule has 50 heavy (non-hydrogen) atoms. The third-order valence-corrected chi connectivity index (χ3v) is 9.46. The molecule has 8 N–H and O–H groups in total. The summed E-state index contributed by atoms with van der Waals surface area (Å²) in [6, 6.07) is -1.65. The summed E-state index contributed by atoms with van der Waals surface area (Å²) in [5, 5.41) is -0.0957. The van der Waals surface area contributed by atoms with Crippen molar-refractivity contribution in [1.82, 2.24) is 19.9 Å². The Bertz CT molecular complexity index is 2050. The number of aromatic amines is 2. The van der Waals surface area contributed by atoms with Crippen molar-refractivity contribution in [1.29, 1.82) is 0 Å². The Morgan fingerprint density at radius 3 is 1.38 bits per heavy atom. The van der Waals surface area contributed by atoms with Crippen LogP contribution < -0.4 is 54.1 Å². The van der Waals surface area contributed by atoms with Gasteiger partial charge in [0.05, 0.1) is 37.5 Å². The van der Waals surface area contributed by atoms with E-state index < -0.39 is 76.7 Å². The van der Waals surface area contributed by atoms with Crippen molar-refractivity contribution >= 4 is 101 Å². The topological polar surface area (TPSA) is 351 Å². The van der Waals surface area contributed by atoms with Crippen LogP contribution in [0.1, 0.15) is 0 Å². The second-order valence-electron chi connectivity index (χ2n) is 9.67. The van der Waals surface area contributed by atoms with Crippen molar-refractivity contribution in [2.24, 2.45) is 20.0 Å². The SMILES string of the molecule is Nc1nc2c(c(=O)[nH]1)=N[C@H]1C([S-])=C([S-])[C@@H](COP(=O)([O-])O)O[C@H]1N=2.Nc1nc2c(c(=O)[nH]1)=N[C@H]1C([S-])=C([S-])[C@@H](COP(=O)([O-])O)O[C@H]1N=2.[Mg+2].[W]. The molecule has 2 unspecified atom stereocenters. The van der Waals surface area contributed by atoms with Gasteiger partial charge in [-0.05, 0) is 0 Å². The summed E-state index contributed by atoms with van der Waals surface area (Å²) in [5.74, 6) is -0.282. The molecule has 0 saturated carbocycles. The Morgan fingerprint density at radius 1 is 0.720 bits per heavy atom. The molecule has 0 aromatic carbocycles. The van der Waals surface area contributed by atoms with Crippen LogP contribution in [0.4, 0.5) is 11.9 Å². The minimum Gasteiger partial charge on any atom is -0.783 e. The maximum atomic E-state index is 11.9. The molecule has 22 nitrogen and oxygen atoms in total. The summed E-state index contributed by atoms with van der Waals surface area (Å²) < 4.78 is 41.1. The molecule has 0 amide bonds. The van der Waals surface area contributed by atoms with Crippen LogP contribution in [-0.2, 0) is 99.2 Å². The van der Waals surface area contributed by atoms with Gasteiger partial charge in [0.15, 0.2) is 34.1 Å². The number of nitrogens with one attached hydrogen (secondary N) is 2. The molecule has 0 fully saturated rings. The van der Waals surface area contributed by atoms with E-state index in [1.165, 1.54) is 0 Å². The monoisotopic (exact) mass is 988 g/mol. The van der Waals surface area contributed by atoms with Crippen molar-refractivity contribution < 1.29 is 68.3 Å². The van der Waals surface area contributed by atoms with E-state index in [1.54, 1.807) is 0 Å². The van der Waals surface area contributed by atoms with Gasteiger partial charge >= 0.3 is 23.1 Å². The molecule has 266 valence electrons. The van der Waals surface area contributed by atoms with E-state index in [1.807, 2.05) is 0 Å². The first-order valence-electron chi connectivity index (χ1n) is 12.8. The van der Waals surface area contributed by atoms with Gasteiger partial charge in [-0.25, -0.2) is 9.98 Å². The molecule has 0 saturated heterocycles. The molecule has 0 spiro atoms. The Hall–Kier alpha value is -1.49. The molecule has 0 aliphatic carbocycles. The molecule has 0 radical (unpaired) electrons. The molecule has 4 aliphatic rings. The van der Waals surface area contributed by atoms with E-state index in [-0.39, 0.29) is 97.3 Å². The minimum absolute atomic E-state index is 0. The molecule has 0 bridgehead atoms. The fourth-order valence-corrected chi connectivity index (χ4v) is 6.09. The van der Waals surface area contributed by atoms with Gasteiger partial charge in [-0.2, -0.15) is 29.6 Å². The molecule has 2 aromatic rings. The maximum absolute atomic E-state index is 11.9. The number of rotatable bonds is 6. The predicted octanol–water partition coefficient (Wildman–Crippen LogP) is -7.42. The number of H-pyrrole nitrogens is 2. The minimum atomic E-state index is -4.94. The number of fused-ring (bicyclic) bond motifs is 4. The summed E-state index contributed by atoms with van der Waals surface area (Å²) in [4.78, 5) is 91.9. The third kappa shape index (κ3) is 9.93. The largest absolute Gasteiger partial charge is 2.00 e. The number of aromatic nitrogens is 4. The standard InChI is InChI=1S/2C10H12N5O6PS2.Mg.W/c2*11-10-14-7-4(8(16)15-10)12-3-6(24)5(23)2(21-9(3)13-7)1-20-22(17,18)19;;/h2*2-3,9,23-24H,1H2,(H2,17,18,19)(H3,11,13,14,15,16);;/q;;+2;/p-6/t2*2-,3+,9-;;/m11../s1. The zero-order valence-corrected chi connectivity index (χ0v) is 33.7. The van der Waals surface area contributed by atoms with Crippen LogP contribution in [0.2, 0.25) is 0 Å². The zero-order valence-electron chi connectivity index (χ0n) is 24.3. The Morgan fingerprint density at radius 2 is 1.06 bits per heavy atom. The van der Waals surface area contributed by atoms with Crippen LogP contribution in [0.5, 0.6) is 0 Å². The van der Waals surface area contributed by atoms with Gasteiger partial charge < -0.3 is 100 Å². The molecule has 6 rings (SSSR count). The molecule has 4 aliphatic heterocycles. The van der Waals surface area contributed by atoms with Gasteiger partial charge in [-0.3, -0.25) is 38.7 Å². The average Bonchev–Trinajstić information content (AvgIpc) is 2.97. The van der Waals surface area contributed by atoms with Crippen LogP contribution >= 0.6 is 15.6 Å². The van der Waals surface area contributed by atoms with Crippen LogP contribution in [0, 0.1) is 0 Å². The number of nitrogens with two attached hydrogens (primary N) is 2. The molecule has 6 heterocycles. The summed E-state index contributed by atoms with van der Waals surface area (Å²) in [5.41, 5.74) is 9.71. The summed E-state index contributed by atoms with van der Waals surface area (Å²) in [6.07, 6.45) is -3.99. The predicted molar refractivity (Wildman–Crippen MR) is 169 cm³/mol. The smallest absolute Gasteiger partial charge is 0.783 e. The number of hydrogen-bond donors (Lipinski definition) is 6. The van der Waals surface area contributed by atoms with E-state index in [9.17, 15) is 28.5 Å². The second-order valence-corrected chi connectivity index (χ2v) is 13.8. The normalized spacial score (nSPS) is 27.0. The first-order chi connectivity index (χ1) is 22.3. The number of nitrogens with zero attached hydrogens (tertiary/aromatic N) is 6. The van der Waals surface area contributed by atoms with Crippen LogP contribution in [0.3, 0.4) is 0 Å². The average molecular weight is 989 g/mol. The van der Waals surface area contributed by atoms with Crippen molar-refractivity contribution in [2.75, 3.05) is 24.7 Å². The first kappa shape index (κ1) is 42.9. The maximum Gasteiger partial charge on any atom is 2.00 e. The van der Waals surface area contributed by atoms with Gasteiger partial charge in [-0.1, -0.05) is 0 Å². The Balaban J connectivity index is 0.000000260. The van der Waals surface area contributed by atoms with Gasteiger partial charge in [0.1, 0.15) is 0 Å². The number of phosphoric acid groups is 2. The van der Waals surface area contributed by atoms with Gasteiger partial charge in [0, 0.05) is 21.1 Å². The van der Waals surface area contributed by atoms with E-state index in [0.717, 1.165) is 0 Å². The van der Waals surface area contributed by atoms with Gasteiger partial charge in [0.25, 0.3) is 26.8 Å². The van der Waals surface area contributed by atoms with Crippen molar-refractivity contribution in [2.45, 2.75) is 36.7 Å². The number of phosphoric ester groups is 2. The summed E-state index contributed by atoms with van der Waals surface area (Å²) in [6.45, 7) is -1.13. The number of anilines is 2. The van der Waals surface area contributed by atoms with Crippen LogP contribution in [0.25, 0.3) is 0 Å². The fourth-order valence-electron chi connectivity index (χ4n) is 4.35. The number of nitrogen functional groups attached to an aromatic ring is 2.